The maximum absolute atomic E-state index is 6.13. The van der Waals surface area contributed by atoms with Crippen LogP contribution in [0, 0.1) is 0 Å². The smallest absolute Gasteiger partial charge is 0.191 e. The van der Waals surface area contributed by atoms with E-state index in [4.69, 9.17) is 4.43 Å². The quantitative estimate of drug-likeness (QED) is 0.393. The van der Waals surface area contributed by atoms with Crippen LogP contribution in [0.4, 0.5) is 0 Å². The van der Waals surface area contributed by atoms with E-state index in [2.05, 4.69) is 45.6 Å². The van der Waals surface area contributed by atoms with Gasteiger partial charge in [-0.2, -0.15) is 11.8 Å². The lowest BCUT2D eigenvalue weighted by Crippen LogP contribution is -2.40. The summed E-state index contributed by atoms with van der Waals surface area (Å²) in [6.45, 7) is 12.6. The SMILES string of the molecule is CC(C)(C)[Si](C)(C)OCCCCC1CS1. The Labute approximate surface area is 100 Å². The van der Waals surface area contributed by atoms with Gasteiger partial charge in [0.2, 0.25) is 0 Å². The van der Waals surface area contributed by atoms with Gasteiger partial charge in [-0.05, 0) is 31.0 Å². The molecular formula is C12H26OSSi. The molecule has 0 aromatic heterocycles. The summed E-state index contributed by atoms with van der Waals surface area (Å²) in [6.07, 6.45) is 4.02. The molecule has 15 heavy (non-hydrogen) atoms. The number of thioether (sulfide) groups is 1. The molecule has 1 aliphatic rings. The molecular weight excluding hydrogens is 220 g/mol. The first kappa shape index (κ1) is 13.6. The van der Waals surface area contributed by atoms with E-state index in [1.165, 1.54) is 25.0 Å². The van der Waals surface area contributed by atoms with Crippen LogP contribution in [0.25, 0.3) is 0 Å². The Morgan fingerprint density at radius 2 is 1.87 bits per heavy atom. The van der Waals surface area contributed by atoms with E-state index in [9.17, 15) is 0 Å². The van der Waals surface area contributed by atoms with Gasteiger partial charge < -0.3 is 4.43 Å². The van der Waals surface area contributed by atoms with Gasteiger partial charge in [0, 0.05) is 17.6 Å². The normalized spacial score (nSPS) is 21.8. The number of unbranched alkanes of at least 4 members (excludes halogenated alkanes) is 1. The van der Waals surface area contributed by atoms with Crippen LogP contribution in [0.5, 0.6) is 0 Å². The molecule has 1 aliphatic heterocycles. The largest absolute Gasteiger partial charge is 0.417 e. The van der Waals surface area contributed by atoms with Crippen LogP contribution in [0.2, 0.25) is 18.1 Å². The van der Waals surface area contributed by atoms with Crippen molar-refractivity contribution in [2.45, 2.75) is 63.4 Å². The number of rotatable bonds is 6. The van der Waals surface area contributed by atoms with Crippen molar-refractivity contribution in [3.63, 3.8) is 0 Å². The molecule has 0 aliphatic carbocycles. The lowest BCUT2D eigenvalue weighted by atomic mass is 10.2. The van der Waals surface area contributed by atoms with Crippen LogP contribution in [0.3, 0.4) is 0 Å². The second-order valence-electron chi connectivity index (χ2n) is 6.06. The Morgan fingerprint density at radius 3 is 2.33 bits per heavy atom. The molecule has 0 N–H and O–H groups in total. The van der Waals surface area contributed by atoms with E-state index in [1.807, 2.05) is 0 Å². The van der Waals surface area contributed by atoms with E-state index in [1.54, 1.807) is 0 Å². The maximum atomic E-state index is 6.13. The lowest BCUT2D eigenvalue weighted by molar-refractivity contribution is 0.278. The molecule has 0 amide bonds. The van der Waals surface area contributed by atoms with Crippen molar-refractivity contribution in [2.24, 2.45) is 0 Å². The summed E-state index contributed by atoms with van der Waals surface area (Å²) >= 11 is 2.10. The Morgan fingerprint density at radius 1 is 1.27 bits per heavy atom. The zero-order valence-corrected chi connectivity index (χ0v) is 12.7. The Balaban J connectivity index is 2.06. The van der Waals surface area contributed by atoms with Crippen molar-refractivity contribution in [3.05, 3.63) is 0 Å². The van der Waals surface area contributed by atoms with Gasteiger partial charge in [0.25, 0.3) is 0 Å². The molecule has 1 rings (SSSR count). The Bertz CT molecular complexity index is 194. The molecule has 0 saturated carbocycles. The average molecular weight is 246 g/mol. The average Bonchev–Trinajstić information content (AvgIpc) is 2.85. The highest BCUT2D eigenvalue weighted by molar-refractivity contribution is 8.06. The third-order valence-corrected chi connectivity index (χ3v) is 9.17. The van der Waals surface area contributed by atoms with Gasteiger partial charge in [-0.25, -0.2) is 0 Å². The molecule has 0 spiro atoms. The summed E-state index contributed by atoms with van der Waals surface area (Å²) in [6, 6.07) is 0. The molecule has 1 nitrogen and oxygen atoms in total. The second kappa shape index (κ2) is 5.24. The van der Waals surface area contributed by atoms with Crippen LogP contribution in [-0.2, 0) is 4.43 Å². The zero-order chi connectivity index (χ0) is 11.5. The van der Waals surface area contributed by atoms with Crippen molar-refractivity contribution >= 4 is 20.1 Å². The molecule has 90 valence electrons. The minimum atomic E-state index is -1.47. The fourth-order valence-electron chi connectivity index (χ4n) is 1.25. The zero-order valence-electron chi connectivity index (χ0n) is 10.9. The lowest BCUT2D eigenvalue weighted by Gasteiger charge is -2.36. The van der Waals surface area contributed by atoms with Crippen molar-refractivity contribution < 1.29 is 4.43 Å². The second-order valence-corrected chi connectivity index (χ2v) is 12.2. The highest BCUT2D eigenvalue weighted by Gasteiger charge is 2.36. The standard InChI is InChI=1S/C12H26OSSi/c1-12(2,3)15(4,5)13-9-7-6-8-11-10-14-11/h11H,6-10H2,1-5H3. The minimum Gasteiger partial charge on any atom is -0.417 e. The van der Waals surface area contributed by atoms with Crippen LogP contribution in [0.1, 0.15) is 40.0 Å². The van der Waals surface area contributed by atoms with Crippen molar-refractivity contribution in [1.82, 2.24) is 0 Å². The van der Waals surface area contributed by atoms with E-state index in [0.29, 0.717) is 5.04 Å². The summed E-state index contributed by atoms with van der Waals surface area (Å²) in [5, 5.41) is 1.36. The van der Waals surface area contributed by atoms with Gasteiger partial charge in [-0.15, -0.1) is 0 Å². The molecule has 0 aromatic rings. The van der Waals surface area contributed by atoms with Crippen molar-refractivity contribution in [1.29, 1.82) is 0 Å². The fourth-order valence-corrected chi connectivity index (χ4v) is 2.98. The Hall–Kier alpha value is 0.527. The molecule has 0 radical (unpaired) electrons. The van der Waals surface area contributed by atoms with Gasteiger partial charge in [0.15, 0.2) is 8.32 Å². The third kappa shape index (κ3) is 4.92. The molecule has 1 fully saturated rings. The molecule has 1 saturated heterocycles. The van der Waals surface area contributed by atoms with Crippen LogP contribution >= 0.6 is 11.8 Å². The molecule has 3 heteroatoms. The molecule has 0 aromatic carbocycles. The summed E-state index contributed by atoms with van der Waals surface area (Å²) in [5.74, 6) is 1.41. The van der Waals surface area contributed by atoms with Crippen LogP contribution < -0.4 is 0 Å². The van der Waals surface area contributed by atoms with E-state index < -0.39 is 8.32 Å². The first-order valence-corrected chi connectivity index (χ1v) is 10.0. The van der Waals surface area contributed by atoms with E-state index in [-0.39, 0.29) is 0 Å². The fraction of sp³-hybridized carbons (Fsp3) is 1.00. The van der Waals surface area contributed by atoms with Gasteiger partial charge in [-0.1, -0.05) is 27.2 Å². The Kier molecular flexibility index (Phi) is 4.75. The third-order valence-electron chi connectivity index (χ3n) is 3.59. The van der Waals surface area contributed by atoms with Gasteiger partial charge >= 0.3 is 0 Å². The summed E-state index contributed by atoms with van der Waals surface area (Å²) in [7, 11) is -1.47. The number of hydrogen-bond acceptors (Lipinski definition) is 2. The molecule has 1 unspecified atom stereocenters. The number of hydrogen-bond donors (Lipinski definition) is 0. The van der Waals surface area contributed by atoms with Crippen LogP contribution in [0.15, 0.2) is 0 Å². The maximum Gasteiger partial charge on any atom is 0.191 e. The summed E-state index contributed by atoms with van der Waals surface area (Å²) < 4.78 is 6.13. The summed E-state index contributed by atoms with van der Waals surface area (Å²) in [5.41, 5.74) is 0. The predicted molar refractivity (Wildman–Crippen MR) is 73.2 cm³/mol. The molecule has 0 bridgehead atoms. The predicted octanol–water partition coefficient (Wildman–Crippen LogP) is 4.29. The van der Waals surface area contributed by atoms with Crippen molar-refractivity contribution in [3.8, 4) is 0 Å². The van der Waals surface area contributed by atoms with E-state index in [0.717, 1.165) is 11.9 Å². The van der Waals surface area contributed by atoms with Gasteiger partial charge in [-0.3, -0.25) is 0 Å². The summed E-state index contributed by atoms with van der Waals surface area (Å²) in [4.78, 5) is 0. The van der Waals surface area contributed by atoms with Crippen LogP contribution in [-0.4, -0.2) is 25.9 Å². The highest BCUT2D eigenvalue weighted by atomic mass is 32.2. The van der Waals surface area contributed by atoms with E-state index >= 15 is 0 Å². The van der Waals surface area contributed by atoms with Crippen molar-refractivity contribution in [2.75, 3.05) is 12.4 Å². The minimum absolute atomic E-state index is 0.360. The molecule has 1 atom stereocenters. The van der Waals surface area contributed by atoms with Gasteiger partial charge in [0.05, 0.1) is 0 Å². The molecule has 1 heterocycles. The first-order valence-electron chi connectivity index (χ1n) is 6.08. The highest BCUT2D eigenvalue weighted by Crippen LogP contribution is 2.37. The van der Waals surface area contributed by atoms with Gasteiger partial charge in [0.1, 0.15) is 0 Å². The monoisotopic (exact) mass is 246 g/mol. The first-order chi connectivity index (χ1) is 6.83. The topological polar surface area (TPSA) is 9.23 Å².